The molecule has 1 saturated carbocycles. The maximum atomic E-state index is 12.1. The quantitative estimate of drug-likeness (QED) is 0.846. The number of amides is 1. The molecule has 1 heterocycles. The number of nitriles is 1. The fourth-order valence-electron chi connectivity index (χ4n) is 2.44. The smallest absolute Gasteiger partial charge is 0.263 e. The highest BCUT2D eigenvalue weighted by Gasteiger charge is 2.25. The Kier molecular flexibility index (Phi) is 5.07. The predicted octanol–water partition coefficient (Wildman–Crippen LogP) is 2.58. The first-order chi connectivity index (χ1) is 10.1. The molecule has 6 heteroatoms. The Balaban J connectivity index is 2.20. The average molecular weight is 306 g/mol. The molecular formula is C15H22N4OS. The summed E-state index contributed by atoms with van der Waals surface area (Å²) >= 11 is 1.32. The zero-order valence-electron chi connectivity index (χ0n) is 12.6. The summed E-state index contributed by atoms with van der Waals surface area (Å²) in [5.41, 5.74) is 6.75. The molecule has 0 radical (unpaired) electrons. The second-order valence-corrected chi connectivity index (χ2v) is 6.57. The Bertz CT molecular complexity index is 557. The van der Waals surface area contributed by atoms with Crippen molar-refractivity contribution in [3.63, 3.8) is 0 Å². The molecule has 114 valence electrons. The van der Waals surface area contributed by atoms with E-state index < -0.39 is 0 Å². The third-order valence-corrected chi connectivity index (χ3v) is 5.20. The molecular weight excluding hydrogens is 284 g/mol. The van der Waals surface area contributed by atoms with Gasteiger partial charge in [-0.05, 0) is 25.2 Å². The molecule has 0 aromatic carbocycles. The molecule has 1 fully saturated rings. The molecule has 0 unspecified atom stereocenters. The van der Waals surface area contributed by atoms with Crippen LogP contribution in [0.2, 0.25) is 0 Å². The summed E-state index contributed by atoms with van der Waals surface area (Å²) in [4.78, 5) is 14.6. The van der Waals surface area contributed by atoms with Crippen LogP contribution in [0.3, 0.4) is 0 Å². The molecule has 2 rings (SSSR count). The summed E-state index contributed by atoms with van der Waals surface area (Å²) in [6.07, 6.45) is 4.66. The minimum Gasteiger partial charge on any atom is -0.396 e. The third kappa shape index (κ3) is 3.30. The van der Waals surface area contributed by atoms with Crippen molar-refractivity contribution in [2.75, 3.05) is 30.8 Å². The number of carbonyl (C=O) groups excluding carboxylic acids is 1. The van der Waals surface area contributed by atoms with E-state index in [1.807, 2.05) is 14.0 Å². The Morgan fingerprint density at radius 1 is 1.57 bits per heavy atom. The van der Waals surface area contributed by atoms with Gasteiger partial charge in [-0.3, -0.25) is 4.79 Å². The van der Waals surface area contributed by atoms with Crippen molar-refractivity contribution >= 4 is 27.9 Å². The average Bonchev–Trinajstić information content (AvgIpc) is 2.77. The number of hydrogen-bond acceptors (Lipinski definition) is 5. The first kappa shape index (κ1) is 15.6. The molecule has 0 spiro atoms. The number of nitrogen functional groups attached to an aromatic ring is 1. The zero-order valence-corrected chi connectivity index (χ0v) is 13.4. The van der Waals surface area contributed by atoms with E-state index in [4.69, 9.17) is 5.73 Å². The second-order valence-electron chi connectivity index (χ2n) is 5.57. The third-order valence-electron chi connectivity index (χ3n) is 3.88. The number of nitrogens with zero attached hydrogens (tertiary/aromatic N) is 2. The van der Waals surface area contributed by atoms with Gasteiger partial charge in [0.2, 0.25) is 0 Å². The van der Waals surface area contributed by atoms with Crippen LogP contribution in [0.4, 0.5) is 10.7 Å². The number of hydrogen-bond donors (Lipinski definition) is 2. The fraction of sp³-hybridized carbons (Fsp3) is 0.600. The van der Waals surface area contributed by atoms with Gasteiger partial charge in [-0.1, -0.05) is 13.3 Å². The molecule has 0 saturated heterocycles. The number of anilines is 2. The lowest BCUT2D eigenvalue weighted by Crippen LogP contribution is -2.29. The fourth-order valence-corrected chi connectivity index (χ4v) is 3.50. The van der Waals surface area contributed by atoms with Crippen molar-refractivity contribution in [3.05, 3.63) is 10.4 Å². The van der Waals surface area contributed by atoms with E-state index in [0.717, 1.165) is 18.0 Å². The summed E-state index contributed by atoms with van der Waals surface area (Å²) in [5.74, 6) is 0.515. The van der Waals surface area contributed by atoms with E-state index in [1.54, 1.807) is 0 Å². The molecule has 1 aliphatic rings. The second kappa shape index (κ2) is 6.81. The lowest BCUT2D eigenvalue weighted by Gasteiger charge is -2.30. The monoisotopic (exact) mass is 306 g/mol. The lowest BCUT2D eigenvalue weighted by atomic mass is 9.85. The van der Waals surface area contributed by atoms with Gasteiger partial charge in [-0.25, -0.2) is 0 Å². The van der Waals surface area contributed by atoms with Gasteiger partial charge in [0, 0.05) is 20.1 Å². The lowest BCUT2D eigenvalue weighted by molar-refractivity contribution is 0.0958. The SMILES string of the molecule is CCCNC(=O)c1sc(N(C)CC2CCC2)c(C#N)c1N. The zero-order chi connectivity index (χ0) is 15.4. The van der Waals surface area contributed by atoms with Gasteiger partial charge in [-0.15, -0.1) is 11.3 Å². The molecule has 1 aromatic rings. The van der Waals surface area contributed by atoms with Gasteiger partial charge in [0.05, 0.1) is 5.69 Å². The van der Waals surface area contributed by atoms with Crippen molar-refractivity contribution in [1.82, 2.24) is 5.32 Å². The van der Waals surface area contributed by atoms with Crippen LogP contribution in [0.1, 0.15) is 47.8 Å². The summed E-state index contributed by atoms with van der Waals surface area (Å²) in [6, 6.07) is 2.15. The van der Waals surface area contributed by atoms with Crippen molar-refractivity contribution in [2.24, 2.45) is 5.92 Å². The summed E-state index contributed by atoms with van der Waals surface area (Å²) in [5, 5.41) is 13.0. The maximum Gasteiger partial charge on any atom is 0.263 e. The number of nitrogens with one attached hydrogen (secondary N) is 1. The van der Waals surface area contributed by atoms with Crippen molar-refractivity contribution in [1.29, 1.82) is 5.26 Å². The minimum atomic E-state index is -0.181. The number of carbonyl (C=O) groups is 1. The number of nitrogens with two attached hydrogens (primary N) is 1. The molecule has 5 nitrogen and oxygen atoms in total. The van der Waals surface area contributed by atoms with Crippen LogP contribution < -0.4 is 16.0 Å². The number of thiophene rings is 1. The molecule has 0 atom stereocenters. The van der Waals surface area contributed by atoms with Crippen molar-refractivity contribution < 1.29 is 4.79 Å². The van der Waals surface area contributed by atoms with Crippen LogP contribution in [0, 0.1) is 17.2 Å². The maximum absolute atomic E-state index is 12.1. The topological polar surface area (TPSA) is 82.2 Å². The van der Waals surface area contributed by atoms with Crippen molar-refractivity contribution in [2.45, 2.75) is 32.6 Å². The van der Waals surface area contributed by atoms with Gasteiger partial charge in [-0.2, -0.15) is 5.26 Å². The van der Waals surface area contributed by atoms with E-state index in [-0.39, 0.29) is 5.91 Å². The summed E-state index contributed by atoms with van der Waals surface area (Å²) in [7, 11) is 1.97. The summed E-state index contributed by atoms with van der Waals surface area (Å²) in [6.45, 7) is 3.53. The highest BCUT2D eigenvalue weighted by molar-refractivity contribution is 7.19. The first-order valence-electron chi connectivity index (χ1n) is 7.40. The van der Waals surface area contributed by atoms with Crippen LogP contribution in [-0.4, -0.2) is 26.0 Å². The van der Waals surface area contributed by atoms with E-state index in [9.17, 15) is 10.1 Å². The van der Waals surface area contributed by atoms with Crippen LogP contribution in [0.5, 0.6) is 0 Å². The highest BCUT2D eigenvalue weighted by atomic mass is 32.1. The molecule has 21 heavy (non-hydrogen) atoms. The van der Waals surface area contributed by atoms with Crippen LogP contribution in [-0.2, 0) is 0 Å². The van der Waals surface area contributed by atoms with Crippen LogP contribution in [0.25, 0.3) is 0 Å². The molecule has 0 aliphatic heterocycles. The van der Waals surface area contributed by atoms with Gasteiger partial charge in [0.25, 0.3) is 5.91 Å². The molecule has 3 N–H and O–H groups in total. The van der Waals surface area contributed by atoms with Crippen LogP contribution >= 0.6 is 11.3 Å². The standard InChI is InChI=1S/C15H22N4OS/c1-3-7-18-14(20)13-12(17)11(8-16)15(21-13)19(2)9-10-5-4-6-10/h10H,3-7,9,17H2,1-2H3,(H,18,20). The largest absolute Gasteiger partial charge is 0.396 e. The molecule has 1 aromatic heterocycles. The van der Waals surface area contributed by atoms with E-state index >= 15 is 0 Å². The van der Waals surface area contributed by atoms with E-state index in [0.29, 0.717) is 28.6 Å². The normalized spacial score (nSPS) is 14.3. The Morgan fingerprint density at radius 2 is 2.29 bits per heavy atom. The Hall–Kier alpha value is -1.74. The molecule has 0 bridgehead atoms. The molecule has 1 aliphatic carbocycles. The summed E-state index contributed by atoms with van der Waals surface area (Å²) < 4.78 is 0. The van der Waals surface area contributed by atoms with Gasteiger partial charge < -0.3 is 16.0 Å². The Labute approximate surface area is 129 Å². The van der Waals surface area contributed by atoms with Crippen LogP contribution in [0.15, 0.2) is 0 Å². The number of rotatable bonds is 6. The Morgan fingerprint density at radius 3 is 2.81 bits per heavy atom. The molecule has 1 amide bonds. The predicted molar refractivity (Wildman–Crippen MR) is 86.7 cm³/mol. The van der Waals surface area contributed by atoms with Gasteiger partial charge in [0.1, 0.15) is 21.5 Å². The van der Waals surface area contributed by atoms with E-state index in [1.165, 1.54) is 30.6 Å². The first-order valence-corrected chi connectivity index (χ1v) is 8.21. The van der Waals surface area contributed by atoms with Crippen molar-refractivity contribution in [3.8, 4) is 6.07 Å². The highest BCUT2D eigenvalue weighted by Crippen LogP contribution is 2.38. The minimum absolute atomic E-state index is 0.181. The van der Waals surface area contributed by atoms with Gasteiger partial charge in [0.15, 0.2) is 0 Å². The van der Waals surface area contributed by atoms with E-state index in [2.05, 4.69) is 16.3 Å². The van der Waals surface area contributed by atoms with Gasteiger partial charge >= 0.3 is 0 Å².